The van der Waals surface area contributed by atoms with E-state index in [2.05, 4.69) is 15.3 Å². The number of carbonyl (C=O) groups excluding carboxylic acids is 1. The average Bonchev–Trinajstić information content (AvgIpc) is 3.14. The van der Waals surface area contributed by atoms with E-state index in [1.54, 1.807) is 0 Å². The normalized spacial score (nSPS) is 22.2. The zero-order valence-corrected chi connectivity index (χ0v) is 18.9. The van der Waals surface area contributed by atoms with Gasteiger partial charge in [-0.2, -0.15) is 13.2 Å². The van der Waals surface area contributed by atoms with E-state index < -0.39 is 41.9 Å². The van der Waals surface area contributed by atoms with Crippen LogP contribution in [0.25, 0.3) is 0 Å². The van der Waals surface area contributed by atoms with Crippen LogP contribution in [0.5, 0.6) is 5.75 Å². The Bertz CT molecular complexity index is 1130. The molecule has 1 saturated carbocycles. The van der Waals surface area contributed by atoms with E-state index in [-0.39, 0.29) is 17.9 Å². The number of amides is 1. The molecule has 0 bridgehead atoms. The van der Waals surface area contributed by atoms with Gasteiger partial charge in [0, 0.05) is 19.2 Å². The first-order valence-corrected chi connectivity index (χ1v) is 11.1. The Morgan fingerprint density at radius 3 is 2.63 bits per heavy atom. The predicted octanol–water partition coefficient (Wildman–Crippen LogP) is 3.31. The van der Waals surface area contributed by atoms with Crippen molar-refractivity contribution in [1.29, 1.82) is 0 Å². The van der Waals surface area contributed by atoms with Crippen molar-refractivity contribution in [2.24, 2.45) is 0 Å². The van der Waals surface area contributed by atoms with Crippen LogP contribution in [0.4, 0.5) is 13.2 Å². The van der Waals surface area contributed by atoms with Gasteiger partial charge in [0.05, 0.1) is 17.6 Å². The summed E-state index contributed by atoms with van der Waals surface area (Å²) in [7, 11) is 1.82. The van der Waals surface area contributed by atoms with E-state index in [0.29, 0.717) is 6.54 Å². The molecule has 1 fully saturated rings. The van der Waals surface area contributed by atoms with E-state index in [1.165, 1.54) is 30.7 Å². The molecule has 0 unspecified atom stereocenters. The molecule has 4 atom stereocenters. The predicted molar refractivity (Wildman–Crippen MR) is 121 cm³/mol. The van der Waals surface area contributed by atoms with Crippen molar-refractivity contribution in [2.45, 2.75) is 43.4 Å². The Hall–Kier alpha value is -3.50. The Morgan fingerprint density at radius 2 is 1.94 bits per heavy atom. The fraction of sp³-hybridized carbons (Fsp3) is 0.320. The quantitative estimate of drug-likeness (QED) is 0.533. The van der Waals surface area contributed by atoms with Gasteiger partial charge in [-0.15, -0.1) is 0 Å². The van der Waals surface area contributed by atoms with Gasteiger partial charge < -0.3 is 15.2 Å². The van der Waals surface area contributed by atoms with Crippen LogP contribution in [0, 0.1) is 0 Å². The molecule has 0 radical (unpaired) electrons. The van der Waals surface area contributed by atoms with Crippen molar-refractivity contribution in [3.8, 4) is 5.75 Å². The molecule has 4 rings (SSSR count). The summed E-state index contributed by atoms with van der Waals surface area (Å²) in [5.41, 5.74) is 0.334. The summed E-state index contributed by atoms with van der Waals surface area (Å²) in [5.74, 6) is -0.446. The standard InChI is InChI=1S/C25H25F3N4O3/c1-32(14-16-6-3-2-4-7-16)22-20(31-24(34)19-10-11-29-15-30-19)13-21(23(22)33)35-18-9-5-8-17(12-18)25(26,27)28/h2-12,15,20-23,33H,13-14H2,1H3,(H,31,34)/t20-,21-,22+,23+/m1/s1. The lowest BCUT2D eigenvalue weighted by molar-refractivity contribution is -0.137. The molecule has 1 aliphatic rings. The van der Waals surface area contributed by atoms with Crippen molar-refractivity contribution in [3.05, 3.63) is 90.0 Å². The van der Waals surface area contributed by atoms with Crippen LogP contribution in [0.2, 0.25) is 0 Å². The summed E-state index contributed by atoms with van der Waals surface area (Å²) in [6.45, 7) is 0.485. The molecule has 2 N–H and O–H groups in total. The maximum Gasteiger partial charge on any atom is 0.416 e. The van der Waals surface area contributed by atoms with E-state index in [0.717, 1.165) is 17.7 Å². The van der Waals surface area contributed by atoms with Crippen LogP contribution >= 0.6 is 0 Å². The number of alkyl halides is 3. The maximum absolute atomic E-state index is 13.1. The summed E-state index contributed by atoms with van der Waals surface area (Å²) in [5, 5.41) is 14.1. The lowest BCUT2D eigenvalue weighted by Crippen LogP contribution is -2.52. The lowest BCUT2D eigenvalue weighted by Gasteiger charge is -2.32. The summed E-state index contributed by atoms with van der Waals surface area (Å²) in [6, 6.07) is 14.5. The number of halogens is 3. The van der Waals surface area contributed by atoms with Gasteiger partial charge in [0.2, 0.25) is 0 Å². The molecule has 0 aliphatic heterocycles. The number of hydrogen-bond acceptors (Lipinski definition) is 6. The van der Waals surface area contributed by atoms with E-state index in [9.17, 15) is 23.1 Å². The molecule has 1 heterocycles. The molecule has 10 heteroatoms. The average molecular weight is 486 g/mol. The Kier molecular flexibility index (Phi) is 7.32. The van der Waals surface area contributed by atoms with Crippen LogP contribution in [-0.2, 0) is 12.7 Å². The molecular formula is C25H25F3N4O3. The zero-order valence-electron chi connectivity index (χ0n) is 18.9. The number of nitrogens with zero attached hydrogens (tertiary/aromatic N) is 3. The highest BCUT2D eigenvalue weighted by atomic mass is 19.4. The number of hydrogen-bond donors (Lipinski definition) is 2. The van der Waals surface area contributed by atoms with Gasteiger partial charge in [-0.25, -0.2) is 9.97 Å². The molecule has 3 aromatic rings. The molecule has 7 nitrogen and oxygen atoms in total. The van der Waals surface area contributed by atoms with Gasteiger partial charge in [0.15, 0.2) is 0 Å². The lowest BCUT2D eigenvalue weighted by atomic mass is 10.1. The number of likely N-dealkylation sites (N-methyl/N-ethyl adjacent to an activating group) is 1. The molecule has 1 aliphatic carbocycles. The molecular weight excluding hydrogens is 461 g/mol. The number of benzene rings is 2. The van der Waals surface area contributed by atoms with E-state index in [1.807, 2.05) is 42.3 Å². The second-order valence-corrected chi connectivity index (χ2v) is 8.47. The number of nitrogens with one attached hydrogen (secondary N) is 1. The minimum absolute atomic E-state index is 0.00360. The first-order valence-electron chi connectivity index (χ1n) is 11.1. The van der Waals surface area contributed by atoms with E-state index in [4.69, 9.17) is 4.74 Å². The molecule has 1 aromatic heterocycles. The monoisotopic (exact) mass is 486 g/mol. The highest BCUT2D eigenvalue weighted by Crippen LogP contribution is 2.34. The van der Waals surface area contributed by atoms with Crippen molar-refractivity contribution in [2.75, 3.05) is 7.05 Å². The molecule has 35 heavy (non-hydrogen) atoms. The third-order valence-corrected chi connectivity index (χ3v) is 5.99. The van der Waals surface area contributed by atoms with Gasteiger partial charge in [-0.05, 0) is 36.9 Å². The van der Waals surface area contributed by atoms with Crippen LogP contribution in [0.3, 0.4) is 0 Å². The highest BCUT2D eigenvalue weighted by Gasteiger charge is 2.47. The highest BCUT2D eigenvalue weighted by molar-refractivity contribution is 5.92. The topological polar surface area (TPSA) is 87.6 Å². The fourth-order valence-electron chi connectivity index (χ4n) is 4.38. The summed E-state index contributed by atoms with van der Waals surface area (Å²) >= 11 is 0. The minimum atomic E-state index is -4.51. The number of ether oxygens (including phenoxy) is 1. The van der Waals surface area contributed by atoms with Crippen molar-refractivity contribution in [3.63, 3.8) is 0 Å². The summed E-state index contributed by atoms with van der Waals surface area (Å²) in [6.07, 6.45) is -3.52. The van der Waals surface area contributed by atoms with Crippen molar-refractivity contribution in [1.82, 2.24) is 20.2 Å². The molecule has 0 spiro atoms. The number of aromatic nitrogens is 2. The number of aliphatic hydroxyl groups is 1. The summed E-state index contributed by atoms with van der Waals surface area (Å²) < 4.78 is 45.2. The Morgan fingerprint density at radius 1 is 1.17 bits per heavy atom. The second-order valence-electron chi connectivity index (χ2n) is 8.47. The van der Waals surface area contributed by atoms with Gasteiger partial charge in [0.1, 0.15) is 30.0 Å². The summed E-state index contributed by atoms with van der Waals surface area (Å²) in [4.78, 5) is 22.5. The third kappa shape index (κ3) is 5.95. The van der Waals surface area contributed by atoms with Crippen molar-refractivity contribution < 1.29 is 27.8 Å². The Labute approximate surface area is 200 Å². The molecule has 2 aromatic carbocycles. The number of carbonyl (C=O) groups is 1. The van der Waals surface area contributed by atoms with Crippen LogP contribution in [-0.4, -0.2) is 57.2 Å². The largest absolute Gasteiger partial charge is 0.488 e. The zero-order chi connectivity index (χ0) is 25.0. The molecule has 184 valence electrons. The van der Waals surface area contributed by atoms with Gasteiger partial charge in [0.25, 0.3) is 5.91 Å². The van der Waals surface area contributed by atoms with Crippen LogP contribution in [0.1, 0.15) is 28.0 Å². The van der Waals surface area contributed by atoms with Gasteiger partial charge >= 0.3 is 6.18 Å². The van der Waals surface area contributed by atoms with Gasteiger partial charge in [-0.3, -0.25) is 9.69 Å². The van der Waals surface area contributed by atoms with Gasteiger partial charge in [-0.1, -0.05) is 36.4 Å². The minimum Gasteiger partial charge on any atom is -0.488 e. The van der Waals surface area contributed by atoms with E-state index >= 15 is 0 Å². The number of aliphatic hydroxyl groups excluding tert-OH is 1. The third-order valence-electron chi connectivity index (χ3n) is 5.99. The first-order chi connectivity index (χ1) is 16.7. The SMILES string of the molecule is CN(Cc1ccccc1)[C@@H]1[C@@H](O)[C@H](Oc2cccc(C(F)(F)F)c2)C[C@H]1NC(=O)c1ccncn1. The van der Waals surface area contributed by atoms with Crippen LogP contribution in [0.15, 0.2) is 73.2 Å². The molecule has 1 amide bonds. The van der Waals surface area contributed by atoms with Crippen LogP contribution < -0.4 is 10.1 Å². The fourth-order valence-corrected chi connectivity index (χ4v) is 4.38. The Balaban J connectivity index is 1.55. The second kappa shape index (κ2) is 10.4. The van der Waals surface area contributed by atoms with Crippen molar-refractivity contribution >= 4 is 5.91 Å². The maximum atomic E-state index is 13.1. The smallest absolute Gasteiger partial charge is 0.416 e. The molecule has 0 saturated heterocycles. The first kappa shape index (κ1) is 24.6. The number of rotatable bonds is 7.